The number of furan rings is 1. The molecule has 0 atom stereocenters. The minimum Gasteiger partial charge on any atom is -0.455 e. The van der Waals surface area contributed by atoms with Crippen molar-refractivity contribution in [3.63, 3.8) is 0 Å². The van der Waals surface area contributed by atoms with E-state index in [4.69, 9.17) is 4.42 Å². The van der Waals surface area contributed by atoms with Crippen molar-refractivity contribution in [2.75, 3.05) is 4.81 Å². The van der Waals surface area contributed by atoms with Crippen LogP contribution in [0, 0.1) is 0 Å². The van der Waals surface area contributed by atoms with Gasteiger partial charge in [-0.15, -0.1) is 0 Å². The van der Waals surface area contributed by atoms with Gasteiger partial charge in [0.1, 0.15) is 11.2 Å². The summed E-state index contributed by atoms with van der Waals surface area (Å²) in [4.78, 5) is 2.71. The Bertz CT molecular complexity index is 3550. The van der Waals surface area contributed by atoms with E-state index in [2.05, 4.69) is 222 Å². The van der Waals surface area contributed by atoms with Crippen LogP contribution in [0.15, 0.2) is 120 Å². The molecule has 0 saturated carbocycles. The summed E-state index contributed by atoms with van der Waals surface area (Å²) in [5.41, 5.74) is 23.8. The SMILES string of the molecule is CC(C)(C)c1ccc(N2B3c4cc(C(C)(C)C)ccc4-n4c5ccc(C(C)(C)C)cc5c5c6c(oc7ccccc76)c(c3c54)-c3cc4c(cc32)C(C)(C)c2cc(C(C)(C)C)ccc2-4)cc1. The summed E-state index contributed by atoms with van der Waals surface area (Å²) in [5.74, 6) is 0. The lowest BCUT2D eigenvalue weighted by molar-refractivity contribution is 0.584. The highest BCUT2D eigenvalue weighted by atomic mass is 16.3. The Hall–Kier alpha value is -6.00. The largest absolute Gasteiger partial charge is 0.455 e. The summed E-state index contributed by atoms with van der Waals surface area (Å²) < 4.78 is 9.99. The maximum Gasteiger partial charge on any atom is 0.333 e. The van der Waals surface area contributed by atoms with E-state index >= 15 is 0 Å². The predicted molar refractivity (Wildman–Crippen MR) is 279 cm³/mol. The van der Waals surface area contributed by atoms with Crippen LogP contribution in [0.1, 0.15) is 130 Å². The molecule has 1 aliphatic carbocycles. The Labute approximate surface area is 385 Å². The van der Waals surface area contributed by atoms with Gasteiger partial charge in [0.15, 0.2) is 0 Å². The van der Waals surface area contributed by atoms with E-state index < -0.39 is 0 Å². The van der Waals surface area contributed by atoms with Crippen LogP contribution in [0.3, 0.4) is 0 Å². The zero-order valence-electron chi connectivity index (χ0n) is 40.8. The molecular formula is C61H61BN2O. The van der Waals surface area contributed by atoms with Crippen molar-refractivity contribution >= 4 is 72.9 Å². The Morgan fingerprint density at radius 1 is 0.508 bits per heavy atom. The van der Waals surface area contributed by atoms with Crippen LogP contribution in [-0.2, 0) is 27.1 Å². The van der Waals surface area contributed by atoms with Gasteiger partial charge in [0.25, 0.3) is 0 Å². The molecule has 4 heterocycles. The molecule has 9 aromatic rings. The minimum atomic E-state index is -0.206. The molecule has 65 heavy (non-hydrogen) atoms. The van der Waals surface area contributed by atoms with Crippen LogP contribution in [0.5, 0.6) is 0 Å². The highest BCUT2D eigenvalue weighted by Crippen LogP contribution is 2.57. The van der Waals surface area contributed by atoms with E-state index in [-0.39, 0.29) is 33.9 Å². The summed E-state index contributed by atoms with van der Waals surface area (Å²) in [6.45, 7) is 32.7. The number of hydrogen-bond donors (Lipinski definition) is 0. The van der Waals surface area contributed by atoms with E-state index in [1.165, 1.54) is 116 Å². The van der Waals surface area contributed by atoms with Gasteiger partial charge in [-0.25, -0.2) is 0 Å². The van der Waals surface area contributed by atoms with E-state index in [1.807, 2.05) is 0 Å². The summed E-state index contributed by atoms with van der Waals surface area (Å²) in [7, 11) is 0. The van der Waals surface area contributed by atoms with Gasteiger partial charge >= 0.3 is 6.85 Å². The second-order valence-corrected chi connectivity index (χ2v) is 24.3. The van der Waals surface area contributed by atoms with Crippen molar-refractivity contribution in [1.82, 2.24) is 4.57 Å². The number of anilines is 2. The first-order valence-electron chi connectivity index (χ1n) is 23.9. The van der Waals surface area contributed by atoms with Crippen LogP contribution in [0.25, 0.3) is 71.7 Å². The van der Waals surface area contributed by atoms with Gasteiger partial charge in [0.05, 0.1) is 11.0 Å². The average molecular weight is 849 g/mol. The van der Waals surface area contributed by atoms with Gasteiger partial charge in [-0.2, -0.15) is 0 Å². The molecule has 0 fully saturated rings. The monoisotopic (exact) mass is 848 g/mol. The summed E-state index contributed by atoms with van der Waals surface area (Å²) in [5, 5.41) is 4.95. The molecule has 2 aromatic heterocycles. The third-order valence-corrected chi connectivity index (χ3v) is 15.6. The number of aromatic nitrogens is 1. The first-order chi connectivity index (χ1) is 30.5. The fourth-order valence-electron chi connectivity index (χ4n) is 11.8. The molecule has 0 N–H and O–H groups in total. The minimum absolute atomic E-state index is 0.0241. The van der Waals surface area contributed by atoms with Gasteiger partial charge in [-0.1, -0.05) is 164 Å². The Morgan fingerprint density at radius 3 is 1.80 bits per heavy atom. The zero-order valence-corrected chi connectivity index (χ0v) is 40.8. The smallest absolute Gasteiger partial charge is 0.333 e. The molecule has 324 valence electrons. The van der Waals surface area contributed by atoms with Crippen LogP contribution in [-0.4, -0.2) is 11.4 Å². The van der Waals surface area contributed by atoms with Gasteiger partial charge in [0.2, 0.25) is 0 Å². The van der Waals surface area contributed by atoms with Crippen LogP contribution >= 0.6 is 0 Å². The van der Waals surface area contributed by atoms with Crippen molar-refractivity contribution in [1.29, 1.82) is 0 Å². The van der Waals surface area contributed by atoms with Crippen LogP contribution in [0.2, 0.25) is 0 Å². The fourth-order valence-corrected chi connectivity index (χ4v) is 11.8. The first-order valence-corrected chi connectivity index (χ1v) is 23.9. The van der Waals surface area contributed by atoms with Crippen molar-refractivity contribution in [2.24, 2.45) is 0 Å². The maximum atomic E-state index is 7.36. The molecule has 7 aromatic carbocycles. The average Bonchev–Trinajstić information content (AvgIpc) is 3.86. The van der Waals surface area contributed by atoms with Crippen LogP contribution < -0.4 is 15.7 Å². The van der Waals surface area contributed by atoms with Gasteiger partial charge < -0.3 is 13.8 Å². The third-order valence-electron chi connectivity index (χ3n) is 15.6. The summed E-state index contributed by atoms with van der Waals surface area (Å²) in [6, 6.07) is 45.3. The highest BCUT2D eigenvalue weighted by Gasteiger charge is 2.48. The molecule has 2 aliphatic heterocycles. The number of nitrogens with zero attached hydrogens (tertiary/aromatic N) is 2. The van der Waals surface area contributed by atoms with E-state index in [0.717, 1.165) is 11.2 Å². The van der Waals surface area contributed by atoms with Gasteiger partial charge in [0, 0.05) is 55.1 Å². The third kappa shape index (κ3) is 5.49. The van der Waals surface area contributed by atoms with Gasteiger partial charge in [-0.05, 0) is 126 Å². The molecule has 0 amide bonds. The highest BCUT2D eigenvalue weighted by molar-refractivity contribution is 6.94. The zero-order chi connectivity index (χ0) is 45.7. The lowest BCUT2D eigenvalue weighted by Crippen LogP contribution is -2.60. The standard InChI is InChI=1S/C61H61BN2O/c1-57(2,3)34-19-24-38(25-20-34)64-49-33-45-41(39-26-21-36(59(7,8)9)30-44(39)61(45,13)14)32-43(49)53-54-55-51(52-40-17-15-16-18-50(40)65-56(52)53)42-29-35(58(4,5)6)22-27-47(42)63(55)48-28-23-37(60(10,11)12)31-46(48)62(54)64/h15-33H,1-14H3. The fraction of sp³-hybridized carbons (Fsp3) is 0.311. The van der Waals surface area contributed by atoms with E-state index in [1.54, 1.807) is 0 Å². The number of hydrogen-bond acceptors (Lipinski definition) is 2. The van der Waals surface area contributed by atoms with Crippen LogP contribution in [0.4, 0.5) is 11.4 Å². The first kappa shape index (κ1) is 40.5. The van der Waals surface area contributed by atoms with E-state index in [9.17, 15) is 0 Å². The van der Waals surface area contributed by atoms with Crippen molar-refractivity contribution < 1.29 is 4.42 Å². The lowest BCUT2D eigenvalue weighted by Gasteiger charge is -2.43. The Balaban J connectivity index is 1.31. The van der Waals surface area contributed by atoms with Crippen molar-refractivity contribution in [2.45, 2.75) is 124 Å². The van der Waals surface area contributed by atoms with Crippen molar-refractivity contribution in [3.8, 4) is 27.9 Å². The molecule has 3 aliphatic rings. The molecule has 3 nitrogen and oxygen atoms in total. The Morgan fingerprint density at radius 2 is 1.11 bits per heavy atom. The maximum absolute atomic E-state index is 7.36. The molecule has 0 bridgehead atoms. The number of rotatable bonds is 1. The number of fused-ring (bicyclic) bond motifs is 16. The number of para-hydroxylation sites is 1. The molecule has 12 rings (SSSR count). The number of benzene rings is 7. The predicted octanol–water partition coefficient (Wildman–Crippen LogP) is 15.4. The Kier molecular flexibility index (Phi) is 7.89. The second kappa shape index (κ2) is 12.7. The van der Waals surface area contributed by atoms with E-state index in [0.29, 0.717) is 0 Å². The summed E-state index contributed by atoms with van der Waals surface area (Å²) >= 11 is 0. The second-order valence-electron chi connectivity index (χ2n) is 24.3. The van der Waals surface area contributed by atoms with Gasteiger partial charge in [-0.3, -0.25) is 0 Å². The van der Waals surface area contributed by atoms with Crippen molar-refractivity contribution in [3.05, 3.63) is 149 Å². The molecule has 0 saturated heterocycles. The quantitative estimate of drug-likeness (QED) is 0.154. The molecular weight excluding hydrogens is 787 g/mol. The molecule has 0 spiro atoms. The summed E-state index contributed by atoms with van der Waals surface area (Å²) in [6.07, 6.45) is 0. The topological polar surface area (TPSA) is 21.3 Å². The molecule has 0 radical (unpaired) electrons. The lowest BCUT2D eigenvalue weighted by atomic mass is 9.43. The molecule has 4 heteroatoms. The normalized spacial score (nSPS) is 15.3. The molecule has 0 unspecified atom stereocenters.